The van der Waals surface area contributed by atoms with Crippen molar-refractivity contribution in [2.45, 2.75) is 27.3 Å². The molecule has 0 aliphatic rings. The Morgan fingerprint density at radius 3 is 2.76 bits per heavy atom. The standard InChI is InChI=1S/C12H22N4O/c1-10-7-15-16(8-10)6-5-14-9-12(2,3)11(17)13-4/h7-8,14H,5-6,9H2,1-4H3,(H,13,17). The largest absolute Gasteiger partial charge is 0.359 e. The third-order valence-electron chi connectivity index (χ3n) is 2.69. The van der Waals surface area contributed by atoms with Gasteiger partial charge in [0.15, 0.2) is 0 Å². The zero-order valence-corrected chi connectivity index (χ0v) is 11.1. The topological polar surface area (TPSA) is 59.0 Å². The summed E-state index contributed by atoms with van der Waals surface area (Å²) >= 11 is 0. The molecule has 1 aromatic rings. The molecule has 0 aliphatic carbocycles. The maximum Gasteiger partial charge on any atom is 0.226 e. The molecule has 1 amide bonds. The summed E-state index contributed by atoms with van der Waals surface area (Å²) in [4.78, 5) is 11.5. The lowest BCUT2D eigenvalue weighted by atomic mass is 9.92. The Labute approximate surface area is 103 Å². The molecule has 5 heteroatoms. The smallest absolute Gasteiger partial charge is 0.226 e. The van der Waals surface area contributed by atoms with Gasteiger partial charge in [0.05, 0.1) is 18.2 Å². The third-order valence-corrected chi connectivity index (χ3v) is 2.69. The molecule has 0 aromatic carbocycles. The van der Waals surface area contributed by atoms with Crippen LogP contribution in [0.25, 0.3) is 0 Å². The zero-order chi connectivity index (χ0) is 12.9. The second-order valence-corrected chi connectivity index (χ2v) is 4.92. The average molecular weight is 238 g/mol. The summed E-state index contributed by atoms with van der Waals surface area (Å²) in [6.45, 7) is 8.16. The summed E-state index contributed by atoms with van der Waals surface area (Å²) in [7, 11) is 1.66. The molecule has 0 fully saturated rings. The maximum atomic E-state index is 11.5. The molecule has 0 bridgehead atoms. The molecule has 1 aromatic heterocycles. The molecule has 2 N–H and O–H groups in total. The van der Waals surface area contributed by atoms with Crippen LogP contribution in [0, 0.1) is 12.3 Å². The van der Waals surface area contributed by atoms with Gasteiger partial charge in [0.1, 0.15) is 0 Å². The van der Waals surface area contributed by atoms with Gasteiger partial charge in [-0.15, -0.1) is 0 Å². The van der Waals surface area contributed by atoms with Crippen LogP contribution in [0.5, 0.6) is 0 Å². The number of carbonyl (C=O) groups is 1. The average Bonchev–Trinajstić information content (AvgIpc) is 2.69. The molecule has 5 nitrogen and oxygen atoms in total. The molecule has 0 spiro atoms. The van der Waals surface area contributed by atoms with E-state index in [2.05, 4.69) is 15.7 Å². The van der Waals surface area contributed by atoms with Crippen LogP contribution >= 0.6 is 0 Å². The van der Waals surface area contributed by atoms with Gasteiger partial charge in [0.25, 0.3) is 0 Å². The Morgan fingerprint density at radius 2 is 2.24 bits per heavy atom. The fraction of sp³-hybridized carbons (Fsp3) is 0.667. The second-order valence-electron chi connectivity index (χ2n) is 4.92. The first-order chi connectivity index (χ1) is 7.95. The van der Waals surface area contributed by atoms with Crippen LogP contribution < -0.4 is 10.6 Å². The van der Waals surface area contributed by atoms with E-state index in [4.69, 9.17) is 0 Å². The van der Waals surface area contributed by atoms with Gasteiger partial charge >= 0.3 is 0 Å². The van der Waals surface area contributed by atoms with Gasteiger partial charge in [-0.1, -0.05) is 0 Å². The van der Waals surface area contributed by atoms with Gasteiger partial charge < -0.3 is 10.6 Å². The van der Waals surface area contributed by atoms with Gasteiger partial charge in [0.2, 0.25) is 5.91 Å². The summed E-state index contributed by atoms with van der Waals surface area (Å²) in [5.74, 6) is 0.0555. The lowest BCUT2D eigenvalue weighted by Gasteiger charge is -2.22. The fourth-order valence-corrected chi connectivity index (χ4v) is 1.60. The Kier molecular flexibility index (Phi) is 4.69. The normalized spacial score (nSPS) is 11.5. The first-order valence-electron chi connectivity index (χ1n) is 5.87. The summed E-state index contributed by atoms with van der Waals surface area (Å²) < 4.78 is 1.90. The summed E-state index contributed by atoms with van der Waals surface area (Å²) in [5, 5.41) is 10.1. The van der Waals surface area contributed by atoms with E-state index < -0.39 is 0 Å². The van der Waals surface area contributed by atoms with E-state index in [1.807, 2.05) is 37.8 Å². The van der Waals surface area contributed by atoms with Gasteiger partial charge in [-0.2, -0.15) is 5.10 Å². The number of nitrogens with one attached hydrogen (secondary N) is 2. The maximum absolute atomic E-state index is 11.5. The van der Waals surface area contributed by atoms with E-state index in [0.717, 1.165) is 18.7 Å². The monoisotopic (exact) mass is 238 g/mol. The molecular weight excluding hydrogens is 216 g/mol. The predicted molar refractivity (Wildman–Crippen MR) is 67.7 cm³/mol. The molecule has 1 rings (SSSR count). The van der Waals surface area contributed by atoms with E-state index in [0.29, 0.717) is 6.54 Å². The van der Waals surface area contributed by atoms with Crippen molar-refractivity contribution < 1.29 is 4.79 Å². The van der Waals surface area contributed by atoms with Crippen molar-refractivity contribution in [2.24, 2.45) is 5.41 Å². The van der Waals surface area contributed by atoms with E-state index in [1.54, 1.807) is 7.05 Å². The highest BCUT2D eigenvalue weighted by molar-refractivity contribution is 5.81. The van der Waals surface area contributed by atoms with E-state index in [-0.39, 0.29) is 11.3 Å². The van der Waals surface area contributed by atoms with Crippen molar-refractivity contribution in [3.8, 4) is 0 Å². The first kappa shape index (κ1) is 13.7. The Balaban J connectivity index is 2.26. The molecule has 0 unspecified atom stereocenters. The SMILES string of the molecule is CNC(=O)C(C)(C)CNCCn1cc(C)cn1. The predicted octanol–water partition coefficient (Wildman–Crippen LogP) is 0.553. The molecule has 17 heavy (non-hydrogen) atoms. The summed E-state index contributed by atoms with van der Waals surface area (Å²) in [6.07, 6.45) is 3.85. The van der Waals surface area contributed by atoms with Crippen LogP contribution in [0.15, 0.2) is 12.4 Å². The van der Waals surface area contributed by atoms with Gasteiger partial charge in [-0.25, -0.2) is 0 Å². The Bertz CT molecular complexity index is 370. The molecule has 0 atom stereocenters. The first-order valence-corrected chi connectivity index (χ1v) is 5.87. The molecule has 0 saturated heterocycles. The minimum Gasteiger partial charge on any atom is -0.359 e. The number of aromatic nitrogens is 2. The lowest BCUT2D eigenvalue weighted by molar-refractivity contribution is -0.128. The van der Waals surface area contributed by atoms with Crippen molar-refractivity contribution in [3.05, 3.63) is 18.0 Å². The molecule has 96 valence electrons. The summed E-state index contributed by atoms with van der Waals surface area (Å²) in [5.41, 5.74) is 0.783. The Morgan fingerprint density at radius 1 is 1.53 bits per heavy atom. The number of hydrogen-bond donors (Lipinski definition) is 2. The lowest BCUT2D eigenvalue weighted by Crippen LogP contribution is -2.42. The zero-order valence-electron chi connectivity index (χ0n) is 11.1. The van der Waals surface area contributed by atoms with Crippen LogP contribution in [-0.4, -0.2) is 35.8 Å². The number of carbonyl (C=O) groups excluding carboxylic acids is 1. The van der Waals surface area contributed by atoms with Crippen LogP contribution in [0.3, 0.4) is 0 Å². The van der Waals surface area contributed by atoms with Gasteiger partial charge in [0, 0.05) is 26.3 Å². The van der Waals surface area contributed by atoms with Crippen molar-refractivity contribution in [3.63, 3.8) is 0 Å². The number of amides is 1. The third kappa shape index (κ3) is 4.19. The van der Waals surface area contributed by atoms with Crippen molar-refractivity contribution in [1.82, 2.24) is 20.4 Å². The van der Waals surface area contributed by atoms with Gasteiger partial charge in [-0.3, -0.25) is 9.48 Å². The van der Waals surface area contributed by atoms with Gasteiger partial charge in [-0.05, 0) is 26.3 Å². The highest BCUT2D eigenvalue weighted by Gasteiger charge is 2.25. The minimum absolute atomic E-state index is 0.0555. The van der Waals surface area contributed by atoms with E-state index in [1.165, 1.54) is 0 Å². The van der Waals surface area contributed by atoms with Crippen molar-refractivity contribution in [1.29, 1.82) is 0 Å². The molecule has 0 radical (unpaired) electrons. The molecule has 0 aliphatic heterocycles. The second kappa shape index (κ2) is 5.82. The van der Waals surface area contributed by atoms with Crippen LogP contribution in [0.4, 0.5) is 0 Å². The fourth-order valence-electron chi connectivity index (χ4n) is 1.60. The number of rotatable bonds is 6. The van der Waals surface area contributed by atoms with Crippen LogP contribution in [0.2, 0.25) is 0 Å². The number of hydrogen-bond acceptors (Lipinski definition) is 3. The quantitative estimate of drug-likeness (QED) is 0.712. The molecular formula is C12H22N4O. The summed E-state index contributed by atoms with van der Waals surface area (Å²) in [6, 6.07) is 0. The minimum atomic E-state index is -0.380. The van der Waals surface area contributed by atoms with Crippen LogP contribution in [0.1, 0.15) is 19.4 Å². The van der Waals surface area contributed by atoms with Crippen LogP contribution in [-0.2, 0) is 11.3 Å². The number of aryl methyl sites for hydroxylation is 1. The number of nitrogens with zero attached hydrogens (tertiary/aromatic N) is 2. The van der Waals surface area contributed by atoms with Crippen molar-refractivity contribution in [2.75, 3.05) is 20.1 Å². The highest BCUT2D eigenvalue weighted by Crippen LogP contribution is 2.12. The van der Waals surface area contributed by atoms with E-state index in [9.17, 15) is 4.79 Å². The Hall–Kier alpha value is -1.36. The molecule has 1 heterocycles. The van der Waals surface area contributed by atoms with E-state index >= 15 is 0 Å². The van der Waals surface area contributed by atoms with Crippen molar-refractivity contribution >= 4 is 5.91 Å². The highest BCUT2D eigenvalue weighted by atomic mass is 16.2. The molecule has 0 saturated carbocycles.